The van der Waals surface area contributed by atoms with Gasteiger partial charge in [-0.1, -0.05) is 50.9 Å². The van der Waals surface area contributed by atoms with Crippen LogP contribution in [-0.2, 0) is 11.3 Å². The van der Waals surface area contributed by atoms with Gasteiger partial charge in [0, 0.05) is 23.9 Å². The third-order valence-corrected chi connectivity index (χ3v) is 8.55. The summed E-state index contributed by atoms with van der Waals surface area (Å²) >= 11 is 6.46. The highest BCUT2D eigenvalue weighted by atomic mass is 35.5. The largest absolute Gasteiger partial charge is 0.351 e. The number of ketones is 1. The van der Waals surface area contributed by atoms with Crippen LogP contribution in [0, 0.1) is 23.7 Å². The summed E-state index contributed by atoms with van der Waals surface area (Å²) in [5.74, 6) is 3.01. The molecule has 5 rings (SSSR count). The molecule has 6 nitrogen and oxygen atoms in total. The van der Waals surface area contributed by atoms with E-state index in [2.05, 4.69) is 30.9 Å². The van der Waals surface area contributed by atoms with Gasteiger partial charge in [0.05, 0.1) is 10.7 Å². The molecule has 7 heteroatoms. The Morgan fingerprint density at radius 1 is 1.06 bits per heavy atom. The number of nitrogens with zero attached hydrogens (tertiary/aromatic N) is 4. The Morgan fingerprint density at radius 2 is 1.75 bits per heavy atom. The lowest BCUT2D eigenvalue weighted by atomic mass is 9.63. The molecule has 0 radical (unpaired) electrons. The highest BCUT2D eigenvalue weighted by Gasteiger charge is 2.38. The molecule has 3 aromatic rings. The Balaban J connectivity index is 1.47. The monoisotopic (exact) mass is 506 g/mol. The van der Waals surface area contributed by atoms with E-state index in [-0.39, 0.29) is 23.9 Å². The molecular weight excluding hydrogens is 472 g/mol. The molecule has 0 N–H and O–H groups in total. The first-order valence-electron chi connectivity index (χ1n) is 13.3. The summed E-state index contributed by atoms with van der Waals surface area (Å²) in [5, 5.41) is 5.05. The van der Waals surface area contributed by atoms with Gasteiger partial charge in [-0.05, 0) is 79.5 Å². The van der Waals surface area contributed by atoms with E-state index in [1.807, 2.05) is 24.3 Å². The number of Topliss-reactive ketones (excluding diaryl/α,β-unsaturated/α-hetero) is 1. The van der Waals surface area contributed by atoms with Gasteiger partial charge in [0.25, 0.3) is 0 Å². The Kier molecular flexibility index (Phi) is 7.16. The Hall–Kier alpha value is -2.73. The van der Waals surface area contributed by atoms with Crippen molar-refractivity contribution in [3.8, 4) is 17.1 Å². The van der Waals surface area contributed by atoms with Gasteiger partial charge in [-0.15, -0.1) is 5.10 Å². The molecule has 0 spiro atoms. The number of hydrogen-bond acceptors (Lipinski definition) is 4. The zero-order valence-electron chi connectivity index (χ0n) is 21.4. The van der Waals surface area contributed by atoms with Gasteiger partial charge in [0.15, 0.2) is 11.6 Å². The summed E-state index contributed by atoms with van der Waals surface area (Å²) in [6.07, 6.45) is 10.0. The third kappa shape index (κ3) is 4.93. The van der Waals surface area contributed by atoms with Crippen LogP contribution in [0.5, 0.6) is 0 Å². The fourth-order valence-corrected chi connectivity index (χ4v) is 6.55. The van der Waals surface area contributed by atoms with E-state index in [0.717, 1.165) is 18.8 Å². The lowest BCUT2D eigenvalue weighted by molar-refractivity contribution is -0.126. The highest BCUT2D eigenvalue weighted by Crippen LogP contribution is 2.46. The minimum atomic E-state index is -0.328. The average Bonchev–Trinajstić information content (AvgIpc) is 3.18. The Morgan fingerprint density at radius 3 is 2.36 bits per heavy atom. The maximum absolute atomic E-state index is 13.6. The molecule has 0 amide bonds. The Labute approximate surface area is 217 Å². The van der Waals surface area contributed by atoms with Gasteiger partial charge in [0.2, 0.25) is 0 Å². The van der Waals surface area contributed by atoms with Crippen LogP contribution in [0.4, 0.5) is 0 Å². The standard InChI is InChI=1S/C29H35ClN4O2/c1-4-19-11-20-13-21(12-19)15-23(14-20)27(35)17-33-29(36)34(24-7-5-22(6-8-24)18(2)3)28(32-33)25-9-10-31-16-26(25)30/h5-10,16,18-21,23H,4,11-15,17H2,1-3H3. The molecule has 2 saturated carbocycles. The van der Waals surface area contributed by atoms with Crippen LogP contribution < -0.4 is 5.69 Å². The molecule has 2 aliphatic rings. The number of halogens is 1. The molecule has 190 valence electrons. The van der Waals surface area contributed by atoms with Crippen LogP contribution >= 0.6 is 11.6 Å². The zero-order valence-corrected chi connectivity index (χ0v) is 22.1. The maximum atomic E-state index is 13.6. The van der Waals surface area contributed by atoms with Gasteiger partial charge in [-0.25, -0.2) is 14.0 Å². The number of aromatic nitrogens is 4. The van der Waals surface area contributed by atoms with Crippen molar-refractivity contribution in [1.29, 1.82) is 0 Å². The normalized spacial score (nSPS) is 23.7. The fraction of sp³-hybridized carbons (Fsp3) is 0.517. The van der Waals surface area contributed by atoms with Crippen molar-refractivity contribution in [2.75, 3.05) is 0 Å². The number of carbonyl (C=O) groups is 1. The second-order valence-electron chi connectivity index (χ2n) is 11.0. The second-order valence-corrected chi connectivity index (χ2v) is 11.5. The number of benzene rings is 1. The summed E-state index contributed by atoms with van der Waals surface area (Å²) in [4.78, 5) is 31.2. The van der Waals surface area contributed by atoms with Crippen molar-refractivity contribution in [2.24, 2.45) is 23.7 Å². The van der Waals surface area contributed by atoms with Crippen molar-refractivity contribution in [3.63, 3.8) is 0 Å². The summed E-state index contributed by atoms with van der Waals surface area (Å²) in [5.41, 5.74) is 2.17. The summed E-state index contributed by atoms with van der Waals surface area (Å²) in [6.45, 7) is 6.54. The van der Waals surface area contributed by atoms with Gasteiger partial charge in [0.1, 0.15) is 6.54 Å². The average molecular weight is 507 g/mol. The van der Waals surface area contributed by atoms with Crippen LogP contribution in [0.25, 0.3) is 17.1 Å². The zero-order chi connectivity index (χ0) is 25.4. The van der Waals surface area contributed by atoms with Crippen LogP contribution in [0.1, 0.15) is 70.8 Å². The lowest BCUT2D eigenvalue weighted by Crippen LogP contribution is -2.36. The Bertz CT molecular complexity index is 1280. The highest BCUT2D eigenvalue weighted by molar-refractivity contribution is 6.33. The van der Waals surface area contributed by atoms with Crippen LogP contribution in [-0.4, -0.2) is 25.1 Å². The molecule has 2 bridgehead atoms. The molecular formula is C29H35ClN4O2. The first-order chi connectivity index (χ1) is 17.3. The molecule has 0 aliphatic heterocycles. The minimum Gasteiger partial charge on any atom is -0.297 e. The topological polar surface area (TPSA) is 69.8 Å². The molecule has 2 fully saturated rings. The van der Waals surface area contributed by atoms with Crippen LogP contribution in [0.15, 0.2) is 47.5 Å². The number of rotatable bonds is 7. The molecule has 2 atom stereocenters. The molecule has 2 aliphatic carbocycles. The van der Waals surface area contributed by atoms with Crippen molar-refractivity contribution in [1.82, 2.24) is 19.3 Å². The third-order valence-electron chi connectivity index (χ3n) is 8.24. The van der Waals surface area contributed by atoms with Crippen LogP contribution in [0.2, 0.25) is 5.02 Å². The predicted octanol–water partition coefficient (Wildman–Crippen LogP) is 6.29. The van der Waals surface area contributed by atoms with Crippen LogP contribution in [0.3, 0.4) is 0 Å². The van der Waals surface area contributed by atoms with Gasteiger partial charge in [-0.3, -0.25) is 9.78 Å². The molecule has 36 heavy (non-hydrogen) atoms. The van der Waals surface area contributed by atoms with Crippen molar-refractivity contribution in [3.05, 3.63) is 63.8 Å². The van der Waals surface area contributed by atoms with Crippen molar-refractivity contribution < 1.29 is 4.79 Å². The van der Waals surface area contributed by atoms with E-state index in [9.17, 15) is 9.59 Å². The van der Waals surface area contributed by atoms with Crippen molar-refractivity contribution >= 4 is 17.4 Å². The quantitative estimate of drug-likeness (QED) is 0.377. The van der Waals surface area contributed by atoms with Gasteiger partial charge >= 0.3 is 5.69 Å². The number of hydrogen-bond donors (Lipinski definition) is 0. The molecule has 1 aromatic carbocycles. The van der Waals surface area contributed by atoms with E-state index in [1.54, 1.807) is 23.0 Å². The van der Waals surface area contributed by atoms with Gasteiger partial charge in [-0.2, -0.15) is 0 Å². The second kappa shape index (κ2) is 10.3. The smallest absolute Gasteiger partial charge is 0.297 e. The molecule has 0 saturated heterocycles. The number of carbonyl (C=O) groups excluding carboxylic acids is 1. The molecule has 2 aromatic heterocycles. The first-order valence-corrected chi connectivity index (χ1v) is 13.6. The van der Waals surface area contributed by atoms with E-state index in [4.69, 9.17) is 11.6 Å². The van der Waals surface area contributed by atoms with E-state index < -0.39 is 0 Å². The summed E-state index contributed by atoms with van der Waals surface area (Å²) < 4.78 is 2.88. The maximum Gasteiger partial charge on any atom is 0.351 e. The lowest BCUT2D eigenvalue weighted by Gasteiger charge is -2.42. The van der Waals surface area contributed by atoms with Crippen molar-refractivity contribution in [2.45, 2.75) is 71.8 Å². The van der Waals surface area contributed by atoms with Gasteiger partial charge < -0.3 is 0 Å². The number of fused-ring (bicyclic) bond motifs is 2. The first kappa shape index (κ1) is 24.9. The molecule has 2 unspecified atom stereocenters. The van der Waals surface area contributed by atoms with E-state index >= 15 is 0 Å². The molecule has 2 heterocycles. The predicted molar refractivity (Wildman–Crippen MR) is 142 cm³/mol. The van der Waals surface area contributed by atoms with E-state index in [1.165, 1.54) is 35.9 Å². The summed E-state index contributed by atoms with van der Waals surface area (Å²) in [6, 6.07) is 9.65. The number of pyridine rings is 1. The summed E-state index contributed by atoms with van der Waals surface area (Å²) in [7, 11) is 0. The minimum absolute atomic E-state index is 0.00702. The fourth-order valence-electron chi connectivity index (χ4n) is 6.34. The SMILES string of the molecule is CCC1CC2CC(C1)CC(C(=O)Cn1nc(-c3ccncc3Cl)n(-c3ccc(C(C)C)cc3)c1=O)C2. The van der Waals surface area contributed by atoms with E-state index in [0.29, 0.717) is 39.9 Å².